The number of thioether (sulfide) groups is 1. The number of hydrogen-bond donors (Lipinski definition) is 2. The van der Waals surface area contributed by atoms with E-state index in [1.165, 1.54) is 29.8 Å². The Morgan fingerprint density at radius 1 is 1.10 bits per heavy atom. The number of benzene rings is 2. The van der Waals surface area contributed by atoms with Crippen molar-refractivity contribution in [2.24, 2.45) is 5.73 Å². The van der Waals surface area contributed by atoms with Crippen LogP contribution in [0.25, 0.3) is 0 Å². The second kappa shape index (κ2) is 9.11. The second-order valence-electron chi connectivity index (χ2n) is 7.89. The Morgan fingerprint density at radius 3 is 2.52 bits per heavy atom. The van der Waals surface area contributed by atoms with Gasteiger partial charge in [0.25, 0.3) is 5.91 Å². The topological polar surface area (TPSA) is 104 Å². The summed E-state index contributed by atoms with van der Waals surface area (Å²) in [4.78, 5) is 41.7. The van der Waals surface area contributed by atoms with Crippen molar-refractivity contribution in [3.8, 4) is 5.75 Å². The van der Waals surface area contributed by atoms with E-state index in [1.54, 1.807) is 21.6 Å². The molecule has 2 unspecified atom stereocenters. The lowest BCUT2D eigenvalue weighted by Crippen LogP contribution is -2.50. The van der Waals surface area contributed by atoms with Crippen LogP contribution in [0.4, 0.5) is 0 Å². The van der Waals surface area contributed by atoms with Crippen LogP contribution in [0.15, 0.2) is 54.6 Å². The van der Waals surface area contributed by atoms with Crippen LogP contribution in [-0.2, 0) is 15.3 Å². The molecule has 3 N–H and O–H groups in total. The van der Waals surface area contributed by atoms with Crippen LogP contribution in [0, 0.1) is 0 Å². The van der Waals surface area contributed by atoms with E-state index in [0.29, 0.717) is 24.3 Å². The third-order valence-corrected chi connectivity index (χ3v) is 6.94. The molecule has 2 aromatic carbocycles. The molecule has 2 saturated heterocycles. The van der Waals surface area contributed by atoms with Crippen LogP contribution in [0.5, 0.6) is 5.75 Å². The van der Waals surface area contributed by atoms with E-state index >= 15 is 0 Å². The quantitative estimate of drug-likeness (QED) is 0.709. The molecule has 8 heteroatoms. The van der Waals surface area contributed by atoms with Gasteiger partial charge in [-0.25, -0.2) is 0 Å². The van der Waals surface area contributed by atoms with Gasteiger partial charge < -0.3 is 20.6 Å². The van der Waals surface area contributed by atoms with Crippen molar-refractivity contribution in [3.05, 3.63) is 65.7 Å². The van der Waals surface area contributed by atoms with E-state index in [2.05, 4.69) is 0 Å². The zero-order valence-corrected chi connectivity index (χ0v) is 17.8. The van der Waals surface area contributed by atoms with Crippen molar-refractivity contribution < 1.29 is 19.5 Å². The van der Waals surface area contributed by atoms with Gasteiger partial charge in [-0.3, -0.25) is 14.4 Å². The van der Waals surface area contributed by atoms with Gasteiger partial charge in [0.05, 0.1) is 18.6 Å². The molecule has 0 bridgehead atoms. The van der Waals surface area contributed by atoms with Gasteiger partial charge in [0.2, 0.25) is 5.91 Å². The molecular formula is C23H25N3O4S. The first-order valence-corrected chi connectivity index (χ1v) is 11.4. The Hall–Kier alpha value is -2.84. The van der Waals surface area contributed by atoms with Crippen molar-refractivity contribution in [3.63, 3.8) is 0 Å². The fourth-order valence-corrected chi connectivity index (χ4v) is 5.21. The van der Waals surface area contributed by atoms with Gasteiger partial charge in [-0.15, -0.1) is 0 Å². The summed E-state index contributed by atoms with van der Waals surface area (Å²) in [7, 11) is 0. The third-order valence-electron chi connectivity index (χ3n) is 5.81. The molecule has 0 saturated carbocycles. The summed E-state index contributed by atoms with van der Waals surface area (Å²) < 4.78 is 0. The van der Waals surface area contributed by atoms with E-state index in [0.717, 1.165) is 5.75 Å². The minimum absolute atomic E-state index is 0.0170. The molecule has 2 aromatic rings. The van der Waals surface area contributed by atoms with Crippen LogP contribution < -0.4 is 5.73 Å². The van der Waals surface area contributed by atoms with Crippen LogP contribution >= 0.6 is 11.8 Å². The fraction of sp³-hybridized carbons (Fsp3) is 0.348. The Morgan fingerprint density at radius 2 is 1.81 bits per heavy atom. The van der Waals surface area contributed by atoms with E-state index in [9.17, 15) is 19.5 Å². The first kappa shape index (κ1) is 21.4. The maximum Gasteiger partial charge on any atom is 0.254 e. The molecule has 4 rings (SSSR count). The zero-order valence-electron chi connectivity index (χ0n) is 17.0. The summed E-state index contributed by atoms with van der Waals surface area (Å²) in [6.45, 7) is 0.396. The molecule has 2 aliphatic rings. The number of rotatable bonds is 6. The van der Waals surface area contributed by atoms with Gasteiger partial charge in [0.15, 0.2) is 5.78 Å². The molecule has 0 radical (unpaired) electrons. The van der Waals surface area contributed by atoms with Crippen molar-refractivity contribution in [1.82, 2.24) is 9.80 Å². The summed E-state index contributed by atoms with van der Waals surface area (Å²) in [5, 5.41) is 9.43. The van der Waals surface area contributed by atoms with Crippen molar-refractivity contribution in [2.75, 3.05) is 18.8 Å². The number of amides is 2. The second-order valence-corrected chi connectivity index (χ2v) is 8.92. The average Bonchev–Trinajstić information content (AvgIpc) is 3.35. The summed E-state index contributed by atoms with van der Waals surface area (Å²) in [5.41, 5.74) is 7.74. The molecule has 31 heavy (non-hydrogen) atoms. The lowest BCUT2D eigenvalue weighted by Gasteiger charge is -2.26. The molecule has 2 aliphatic heterocycles. The third kappa shape index (κ3) is 4.45. The van der Waals surface area contributed by atoms with Gasteiger partial charge in [0, 0.05) is 23.6 Å². The summed E-state index contributed by atoms with van der Waals surface area (Å²) >= 11 is 1.59. The number of carbonyl (C=O) groups is 3. The number of phenols is 1. The number of fused-ring (bicyclic) bond motifs is 1. The number of carbonyl (C=O) groups excluding carboxylic acids is 3. The number of nitrogens with zero attached hydrogens (tertiary/aromatic N) is 2. The summed E-state index contributed by atoms with van der Waals surface area (Å²) in [6.07, 6.45) is 0.551. The van der Waals surface area contributed by atoms with Gasteiger partial charge in [-0.2, -0.15) is 11.8 Å². The molecule has 2 fully saturated rings. The molecule has 7 nitrogen and oxygen atoms in total. The standard InChI is InChI=1S/C23H25N3O4S/c24-18(14-31-13-15-4-2-1-3-5-15)23(30)25-11-10-19-21(25)20(28)12-26(19)22(29)16-6-8-17(27)9-7-16/h1-9,18-19,21,27H,10-14,24H2/t18-,19?,21?/m0/s1. The van der Waals surface area contributed by atoms with Gasteiger partial charge in [0.1, 0.15) is 11.8 Å². The maximum absolute atomic E-state index is 13.0. The molecule has 0 spiro atoms. The van der Waals surface area contributed by atoms with E-state index in [-0.39, 0.29) is 35.9 Å². The summed E-state index contributed by atoms with van der Waals surface area (Å²) in [5.74, 6) is 0.669. The Labute approximate surface area is 185 Å². The monoisotopic (exact) mass is 439 g/mol. The van der Waals surface area contributed by atoms with Crippen molar-refractivity contribution in [2.45, 2.75) is 30.3 Å². The number of phenolic OH excluding ortho intramolecular Hbond substituents is 1. The first-order chi connectivity index (χ1) is 15.0. The van der Waals surface area contributed by atoms with Crippen LogP contribution in [0.2, 0.25) is 0 Å². The lowest BCUT2D eigenvalue weighted by molar-refractivity contribution is -0.137. The summed E-state index contributed by atoms with van der Waals surface area (Å²) in [6, 6.07) is 14.3. The average molecular weight is 440 g/mol. The van der Waals surface area contributed by atoms with Crippen LogP contribution in [-0.4, -0.2) is 69.5 Å². The highest BCUT2D eigenvalue weighted by atomic mass is 32.2. The SMILES string of the molecule is N[C@@H](CSCc1ccccc1)C(=O)N1CCC2C1C(=O)CN2C(=O)c1ccc(O)cc1. The number of Topliss-reactive ketones (excluding diaryl/α,β-unsaturated/α-hetero) is 1. The lowest BCUT2D eigenvalue weighted by atomic mass is 10.1. The number of likely N-dealkylation sites (tertiary alicyclic amines) is 2. The Balaban J connectivity index is 1.37. The molecular weight excluding hydrogens is 414 g/mol. The normalized spacial score (nSPS) is 21.3. The maximum atomic E-state index is 13.0. The minimum atomic E-state index is -0.692. The molecule has 3 atom stereocenters. The largest absolute Gasteiger partial charge is 0.508 e. The molecule has 2 heterocycles. The predicted molar refractivity (Wildman–Crippen MR) is 119 cm³/mol. The van der Waals surface area contributed by atoms with Gasteiger partial charge >= 0.3 is 0 Å². The highest BCUT2D eigenvalue weighted by molar-refractivity contribution is 7.98. The molecule has 2 amide bonds. The fourth-order valence-electron chi connectivity index (χ4n) is 4.27. The number of nitrogens with two attached hydrogens (primary N) is 1. The van der Waals surface area contributed by atoms with Crippen molar-refractivity contribution in [1.29, 1.82) is 0 Å². The molecule has 0 aromatic heterocycles. The van der Waals surface area contributed by atoms with Crippen molar-refractivity contribution >= 4 is 29.4 Å². The van der Waals surface area contributed by atoms with Crippen LogP contribution in [0.1, 0.15) is 22.3 Å². The smallest absolute Gasteiger partial charge is 0.254 e. The van der Waals surface area contributed by atoms with E-state index in [1.807, 2.05) is 30.3 Å². The minimum Gasteiger partial charge on any atom is -0.508 e. The highest BCUT2D eigenvalue weighted by Crippen LogP contribution is 2.31. The Kier molecular flexibility index (Phi) is 6.29. The van der Waals surface area contributed by atoms with Gasteiger partial charge in [-0.1, -0.05) is 30.3 Å². The molecule has 0 aliphatic carbocycles. The zero-order chi connectivity index (χ0) is 22.0. The number of aromatic hydroxyl groups is 1. The van der Waals surface area contributed by atoms with E-state index in [4.69, 9.17) is 5.73 Å². The van der Waals surface area contributed by atoms with E-state index < -0.39 is 12.1 Å². The number of hydrogen-bond acceptors (Lipinski definition) is 6. The van der Waals surface area contributed by atoms with Gasteiger partial charge in [-0.05, 0) is 36.2 Å². The Bertz CT molecular complexity index is 967. The first-order valence-electron chi connectivity index (χ1n) is 10.3. The predicted octanol–water partition coefficient (Wildman–Crippen LogP) is 1.65. The highest BCUT2D eigenvalue weighted by Gasteiger charge is 2.51. The van der Waals surface area contributed by atoms with Crippen LogP contribution in [0.3, 0.4) is 0 Å². The number of ketones is 1. The molecule has 162 valence electrons.